The van der Waals surface area contributed by atoms with Crippen LogP contribution >= 0.6 is 0 Å². The van der Waals surface area contributed by atoms with E-state index in [0.29, 0.717) is 17.5 Å². The highest BCUT2D eigenvalue weighted by atomic mass is 15.0. The first-order valence-electron chi connectivity index (χ1n) is 21.4. The predicted octanol–water partition coefficient (Wildman–Crippen LogP) is 14.4. The van der Waals surface area contributed by atoms with Crippen molar-refractivity contribution in [1.29, 1.82) is 0 Å². The molecule has 0 atom stereocenters. The Kier molecular flexibility index (Phi) is 8.10. The van der Waals surface area contributed by atoms with Crippen LogP contribution in [-0.2, 0) is 10.8 Å². The fourth-order valence-electron chi connectivity index (χ4n) is 10.4. The van der Waals surface area contributed by atoms with Gasteiger partial charge in [-0.15, -0.1) is 0 Å². The molecule has 0 radical (unpaired) electrons. The molecule has 0 N–H and O–H groups in total. The first-order chi connectivity index (χ1) is 30.5. The number of hydrogen-bond donors (Lipinski definition) is 0. The standard InChI is InChI=1S/C59H41N3/c1-58(2)50-21-11-13-23-52(50)59(53-24-14-12-22-51(53)58)49-20-10-9-19-47(49)48-34-33-46(37-54(48)59)45-32-31-43-35-42(29-30-44(43)36-45)38-25-27-41(28-26-38)57-61-55(39-15-5-3-6-16-39)60-56(62-57)40-17-7-4-8-18-40/h3-37H,1-2H3. The second-order valence-corrected chi connectivity index (χ2v) is 17.2. The van der Waals surface area contributed by atoms with Gasteiger partial charge in [0.1, 0.15) is 0 Å². The Morgan fingerprint density at radius 3 is 1.19 bits per heavy atom. The van der Waals surface area contributed by atoms with Gasteiger partial charge in [-0.3, -0.25) is 0 Å². The summed E-state index contributed by atoms with van der Waals surface area (Å²) in [6.07, 6.45) is 0. The summed E-state index contributed by atoms with van der Waals surface area (Å²) < 4.78 is 0. The van der Waals surface area contributed by atoms with Gasteiger partial charge in [0.15, 0.2) is 17.5 Å². The van der Waals surface area contributed by atoms with Gasteiger partial charge in [0.05, 0.1) is 5.41 Å². The molecule has 0 amide bonds. The summed E-state index contributed by atoms with van der Waals surface area (Å²) in [5.74, 6) is 1.97. The monoisotopic (exact) mass is 791 g/mol. The molecule has 10 aromatic rings. The number of rotatable bonds is 5. The quantitative estimate of drug-likeness (QED) is 0.174. The number of hydrogen-bond acceptors (Lipinski definition) is 3. The third-order valence-electron chi connectivity index (χ3n) is 13.4. The van der Waals surface area contributed by atoms with Crippen LogP contribution in [0.1, 0.15) is 47.2 Å². The van der Waals surface area contributed by atoms with E-state index in [0.717, 1.165) is 27.8 Å². The van der Waals surface area contributed by atoms with Gasteiger partial charge in [0, 0.05) is 22.1 Å². The Balaban J connectivity index is 0.908. The van der Waals surface area contributed by atoms with Gasteiger partial charge in [0.25, 0.3) is 0 Å². The van der Waals surface area contributed by atoms with Gasteiger partial charge >= 0.3 is 0 Å². The van der Waals surface area contributed by atoms with Gasteiger partial charge in [-0.25, -0.2) is 15.0 Å². The topological polar surface area (TPSA) is 38.7 Å². The molecular formula is C59H41N3. The van der Waals surface area contributed by atoms with Gasteiger partial charge in [-0.2, -0.15) is 0 Å². The molecule has 12 rings (SSSR count). The molecule has 0 bridgehead atoms. The Bertz CT molecular complexity index is 3260. The van der Waals surface area contributed by atoms with E-state index in [-0.39, 0.29) is 5.41 Å². The van der Waals surface area contributed by atoms with Crippen molar-refractivity contribution in [2.24, 2.45) is 0 Å². The average Bonchev–Trinajstić information content (AvgIpc) is 3.63. The molecule has 2 aliphatic rings. The normalized spacial score (nSPS) is 13.9. The van der Waals surface area contributed by atoms with E-state index >= 15 is 0 Å². The Morgan fingerprint density at radius 2 is 0.645 bits per heavy atom. The molecule has 9 aromatic carbocycles. The van der Waals surface area contributed by atoms with Crippen LogP contribution < -0.4 is 0 Å². The Labute approximate surface area is 362 Å². The molecule has 0 saturated carbocycles. The number of aromatic nitrogens is 3. The largest absolute Gasteiger partial charge is 0.208 e. The third kappa shape index (κ3) is 5.48. The van der Waals surface area contributed by atoms with E-state index < -0.39 is 5.41 Å². The summed E-state index contributed by atoms with van der Waals surface area (Å²) in [4.78, 5) is 14.7. The van der Waals surface area contributed by atoms with Gasteiger partial charge in [-0.05, 0) is 95.7 Å². The van der Waals surface area contributed by atoms with E-state index in [1.165, 1.54) is 66.4 Å². The molecule has 1 aromatic heterocycles. The summed E-state index contributed by atoms with van der Waals surface area (Å²) in [6.45, 7) is 4.76. The van der Waals surface area contributed by atoms with Gasteiger partial charge < -0.3 is 0 Å². The van der Waals surface area contributed by atoms with Crippen LogP contribution in [-0.4, -0.2) is 15.0 Å². The highest BCUT2D eigenvalue weighted by Gasteiger charge is 2.53. The van der Waals surface area contributed by atoms with E-state index in [1.54, 1.807) is 0 Å². The number of benzene rings is 9. The molecule has 3 heteroatoms. The minimum Gasteiger partial charge on any atom is -0.208 e. The molecular weight excluding hydrogens is 751 g/mol. The van der Waals surface area contributed by atoms with Crippen molar-refractivity contribution in [1.82, 2.24) is 15.0 Å². The molecule has 2 aliphatic carbocycles. The molecule has 1 heterocycles. The lowest BCUT2D eigenvalue weighted by molar-refractivity contribution is 0.563. The second kappa shape index (κ2) is 13.9. The van der Waals surface area contributed by atoms with Crippen molar-refractivity contribution in [3.63, 3.8) is 0 Å². The van der Waals surface area contributed by atoms with E-state index in [1.807, 2.05) is 60.7 Å². The van der Waals surface area contributed by atoms with E-state index in [4.69, 9.17) is 15.0 Å². The zero-order chi connectivity index (χ0) is 41.4. The van der Waals surface area contributed by atoms with E-state index in [2.05, 4.69) is 166 Å². The highest BCUT2D eigenvalue weighted by Crippen LogP contribution is 2.62. The predicted molar refractivity (Wildman–Crippen MR) is 254 cm³/mol. The summed E-state index contributed by atoms with van der Waals surface area (Å²) in [7, 11) is 0. The first-order valence-corrected chi connectivity index (χ1v) is 21.4. The van der Waals surface area contributed by atoms with Crippen LogP contribution in [0.4, 0.5) is 0 Å². The van der Waals surface area contributed by atoms with Crippen molar-refractivity contribution in [2.75, 3.05) is 0 Å². The molecule has 0 unspecified atom stereocenters. The van der Waals surface area contributed by atoms with Crippen LogP contribution in [0.25, 0.3) is 78.3 Å². The summed E-state index contributed by atoms with van der Waals surface area (Å²) in [5, 5.41) is 2.42. The molecule has 62 heavy (non-hydrogen) atoms. The van der Waals surface area contributed by atoms with Crippen LogP contribution in [0, 0.1) is 0 Å². The lowest BCUT2D eigenvalue weighted by atomic mass is 9.55. The van der Waals surface area contributed by atoms with Crippen molar-refractivity contribution >= 4 is 10.8 Å². The average molecular weight is 792 g/mol. The smallest absolute Gasteiger partial charge is 0.164 e. The second-order valence-electron chi connectivity index (χ2n) is 17.2. The van der Waals surface area contributed by atoms with Crippen LogP contribution in [0.2, 0.25) is 0 Å². The highest BCUT2D eigenvalue weighted by molar-refractivity contribution is 5.93. The Morgan fingerprint density at radius 1 is 0.274 bits per heavy atom. The molecule has 0 aliphatic heterocycles. The minimum absolute atomic E-state index is 0.125. The van der Waals surface area contributed by atoms with Crippen LogP contribution in [0.5, 0.6) is 0 Å². The maximum Gasteiger partial charge on any atom is 0.164 e. The molecule has 292 valence electrons. The van der Waals surface area contributed by atoms with Crippen molar-refractivity contribution < 1.29 is 0 Å². The fourth-order valence-corrected chi connectivity index (χ4v) is 10.4. The van der Waals surface area contributed by atoms with Gasteiger partial charge in [0.2, 0.25) is 0 Å². The van der Waals surface area contributed by atoms with Crippen LogP contribution in [0.15, 0.2) is 212 Å². The Hall–Kier alpha value is -7.75. The molecule has 0 saturated heterocycles. The number of fused-ring (bicyclic) bond motifs is 10. The molecule has 3 nitrogen and oxygen atoms in total. The zero-order valence-electron chi connectivity index (χ0n) is 34.5. The minimum atomic E-state index is -0.413. The van der Waals surface area contributed by atoms with E-state index in [9.17, 15) is 0 Å². The van der Waals surface area contributed by atoms with Crippen molar-refractivity contribution in [2.45, 2.75) is 24.7 Å². The maximum absolute atomic E-state index is 4.93. The molecule has 1 spiro atoms. The number of nitrogens with zero attached hydrogens (tertiary/aromatic N) is 3. The van der Waals surface area contributed by atoms with Gasteiger partial charge in [-0.1, -0.05) is 208 Å². The summed E-state index contributed by atoms with van der Waals surface area (Å²) >= 11 is 0. The molecule has 0 fully saturated rings. The zero-order valence-corrected chi connectivity index (χ0v) is 34.5. The lowest BCUT2D eigenvalue weighted by Gasteiger charge is -2.46. The van der Waals surface area contributed by atoms with Crippen molar-refractivity contribution in [3.8, 4) is 67.5 Å². The summed E-state index contributed by atoms with van der Waals surface area (Å²) in [6, 6.07) is 77.0. The third-order valence-corrected chi connectivity index (χ3v) is 13.4. The fraction of sp³-hybridized carbons (Fsp3) is 0.0678. The first kappa shape index (κ1) is 36.1. The SMILES string of the molecule is CC1(C)c2ccccc2C2(c3ccccc3-c3ccc(-c4ccc5cc(-c6ccc(-c7nc(-c8ccccc8)nc(-c8ccccc8)n7)cc6)ccc5c4)cc32)c2ccccc21. The summed E-state index contributed by atoms with van der Waals surface area (Å²) in [5.41, 5.74) is 18.0. The van der Waals surface area contributed by atoms with Crippen molar-refractivity contribution in [3.05, 3.63) is 246 Å². The maximum atomic E-state index is 4.93. The van der Waals surface area contributed by atoms with Crippen LogP contribution in [0.3, 0.4) is 0 Å². The lowest BCUT2D eigenvalue weighted by Crippen LogP contribution is -2.40.